The van der Waals surface area contributed by atoms with Gasteiger partial charge in [-0.05, 0) is 62.0 Å². The number of anilines is 1. The van der Waals surface area contributed by atoms with Gasteiger partial charge in [0.1, 0.15) is 6.04 Å². The third-order valence-electron chi connectivity index (χ3n) is 8.01. The van der Waals surface area contributed by atoms with Crippen molar-refractivity contribution in [1.82, 2.24) is 9.80 Å². The van der Waals surface area contributed by atoms with Gasteiger partial charge in [0.05, 0.1) is 18.8 Å². The normalized spacial score (nSPS) is 25.7. The number of carbonyl (C=O) groups is 2. The summed E-state index contributed by atoms with van der Waals surface area (Å²) in [6, 6.07) is 13.3. The molecule has 3 aliphatic heterocycles. The van der Waals surface area contributed by atoms with E-state index in [1.54, 1.807) is 18.2 Å². The summed E-state index contributed by atoms with van der Waals surface area (Å²) in [5, 5.41) is 12.1. The lowest BCUT2D eigenvalue weighted by atomic mass is 9.99. The molecule has 3 fully saturated rings. The van der Waals surface area contributed by atoms with Crippen LogP contribution in [0.3, 0.4) is 0 Å². The first-order valence-corrected chi connectivity index (χ1v) is 14.2. The monoisotopic (exact) mass is 575 g/mol. The number of likely N-dealkylation sites (tertiary alicyclic amines) is 2. The van der Waals surface area contributed by atoms with Crippen LogP contribution >= 0.6 is 0 Å². The highest BCUT2D eigenvalue weighted by Gasteiger charge is 2.47. The van der Waals surface area contributed by atoms with Gasteiger partial charge in [-0.1, -0.05) is 42.8 Å². The van der Waals surface area contributed by atoms with Crippen molar-refractivity contribution < 1.29 is 37.3 Å². The van der Waals surface area contributed by atoms with Gasteiger partial charge in [-0.25, -0.2) is 0 Å². The first-order valence-electron chi connectivity index (χ1n) is 14.2. The maximum atomic E-state index is 13.0. The number of halogens is 3. The van der Waals surface area contributed by atoms with E-state index in [2.05, 4.69) is 10.2 Å². The van der Waals surface area contributed by atoms with Gasteiger partial charge in [-0.3, -0.25) is 9.59 Å². The molecule has 3 saturated heterocycles. The molecule has 0 spiro atoms. The minimum atomic E-state index is -5.03. The summed E-state index contributed by atoms with van der Waals surface area (Å²) in [5.74, 6) is -2.65. The van der Waals surface area contributed by atoms with Crippen molar-refractivity contribution in [2.45, 2.75) is 75.8 Å². The molecule has 41 heavy (non-hydrogen) atoms. The summed E-state index contributed by atoms with van der Waals surface area (Å²) < 4.78 is 51.9. The minimum absolute atomic E-state index is 0.0450. The molecular formula is C30H36F3N3O5. The lowest BCUT2D eigenvalue weighted by Crippen LogP contribution is -2.48. The van der Waals surface area contributed by atoms with Crippen LogP contribution in [-0.4, -0.2) is 71.2 Å². The molecule has 3 heterocycles. The van der Waals surface area contributed by atoms with E-state index in [0.717, 1.165) is 43.6 Å². The van der Waals surface area contributed by atoms with Crippen LogP contribution in [0, 0.1) is 0 Å². The molecule has 5 rings (SSSR count). The van der Waals surface area contributed by atoms with Crippen LogP contribution in [0.1, 0.15) is 67.6 Å². The predicted molar refractivity (Wildman–Crippen MR) is 145 cm³/mol. The Morgan fingerprint density at radius 1 is 0.951 bits per heavy atom. The number of benzene rings is 2. The summed E-state index contributed by atoms with van der Waals surface area (Å²) >= 11 is 0. The molecule has 2 amide bonds. The number of alkyl halides is 3. The summed E-state index contributed by atoms with van der Waals surface area (Å²) in [6.07, 6.45) is -1.42. The van der Waals surface area contributed by atoms with E-state index in [-0.39, 0.29) is 31.8 Å². The second kappa shape index (κ2) is 12.9. The van der Waals surface area contributed by atoms with Crippen molar-refractivity contribution in [3.05, 3.63) is 65.2 Å². The number of aliphatic hydroxyl groups excluding tert-OH is 1. The van der Waals surface area contributed by atoms with Crippen LogP contribution in [-0.2, 0) is 25.7 Å². The molecule has 0 radical (unpaired) electrons. The Balaban J connectivity index is 1.32. The van der Waals surface area contributed by atoms with E-state index < -0.39 is 30.3 Å². The molecule has 0 aromatic heterocycles. The van der Waals surface area contributed by atoms with Crippen LogP contribution in [0.5, 0.6) is 0 Å². The molecule has 0 unspecified atom stereocenters. The Morgan fingerprint density at radius 3 is 2.41 bits per heavy atom. The van der Waals surface area contributed by atoms with Gasteiger partial charge in [0.25, 0.3) is 0 Å². The van der Waals surface area contributed by atoms with Crippen molar-refractivity contribution in [1.29, 1.82) is 0 Å². The topological polar surface area (TPSA) is 91.3 Å². The zero-order valence-corrected chi connectivity index (χ0v) is 22.8. The van der Waals surface area contributed by atoms with E-state index in [4.69, 9.17) is 9.47 Å². The van der Waals surface area contributed by atoms with Crippen molar-refractivity contribution in [2.75, 3.05) is 31.5 Å². The van der Waals surface area contributed by atoms with Crippen LogP contribution < -0.4 is 5.32 Å². The second-order valence-electron chi connectivity index (χ2n) is 11.0. The average Bonchev–Trinajstić information content (AvgIpc) is 3.47. The highest BCUT2D eigenvalue weighted by Crippen LogP contribution is 2.39. The average molecular weight is 576 g/mol. The Kier molecular flexibility index (Phi) is 9.28. The number of piperidine rings is 1. The molecule has 8 nitrogen and oxygen atoms in total. The Morgan fingerprint density at radius 2 is 1.71 bits per heavy atom. The van der Waals surface area contributed by atoms with E-state index in [9.17, 15) is 27.9 Å². The minimum Gasteiger partial charge on any atom is -0.392 e. The zero-order chi connectivity index (χ0) is 29.0. The quantitative estimate of drug-likeness (QED) is 0.498. The first-order chi connectivity index (χ1) is 19.7. The molecular weight excluding hydrogens is 539 g/mol. The molecule has 11 heteroatoms. The zero-order valence-electron chi connectivity index (χ0n) is 22.8. The number of nitrogens with one attached hydrogen (secondary N) is 1. The first kappa shape index (κ1) is 29.5. The fourth-order valence-corrected chi connectivity index (χ4v) is 5.90. The molecule has 3 aliphatic rings. The largest absolute Gasteiger partial charge is 0.471 e. The van der Waals surface area contributed by atoms with Gasteiger partial charge >= 0.3 is 12.1 Å². The maximum Gasteiger partial charge on any atom is 0.471 e. The van der Waals surface area contributed by atoms with E-state index in [1.807, 2.05) is 30.3 Å². The third-order valence-corrected chi connectivity index (χ3v) is 8.01. The van der Waals surface area contributed by atoms with Gasteiger partial charge in [-0.2, -0.15) is 13.2 Å². The SMILES string of the molecule is O=C(Nc1cccc([C@H]2O[C@@H](CN3CCCCC3)C[C@@H](c3ccc(CO)cc3)O2)c1)[C@@H]1CCCN1C(=O)C(F)(F)F. The Hall–Kier alpha value is -2.99. The number of amides is 2. The van der Waals surface area contributed by atoms with Crippen molar-refractivity contribution in [3.63, 3.8) is 0 Å². The smallest absolute Gasteiger partial charge is 0.392 e. The molecule has 2 aromatic carbocycles. The van der Waals surface area contributed by atoms with Gasteiger partial charge in [0, 0.05) is 30.8 Å². The predicted octanol–water partition coefficient (Wildman–Crippen LogP) is 4.70. The number of ether oxygens (including phenoxy) is 2. The highest BCUT2D eigenvalue weighted by atomic mass is 19.4. The fourth-order valence-electron chi connectivity index (χ4n) is 5.90. The van der Waals surface area contributed by atoms with Gasteiger partial charge in [0.2, 0.25) is 5.91 Å². The Bertz CT molecular complexity index is 1200. The Labute approximate surface area is 237 Å². The number of aliphatic hydroxyl groups is 1. The highest BCUT2D eigenvalue weighted by molar-refractivity contribution is 5.98. The molecule has 0 aliphatic carbocycles. The number of hydrogen-bond donors (Lipinski definition) is 2. The van der Waals surface area contributed by atoms with Gasteiger partial charge in [-0.15, -0.1) is 0 Å². The van der Waals surface area contributed by atoms with Crippen LogP contribution in [0.4, 0.5) is 18.9 Å². The fraction of sp³-hybridized carbons (Fsp3) is 0.533. The van der Waals surface area contributed by atoms with E-state index in [0.29, 0.717) is 29.0 Å². The lowest BCUT2D eigenvalue weighted by molar-refractivity contribution is -0.253. The standard InChI is InChI=1S/C30H36F3N3O5/c31-30(32,33)29(39)36-15-5-8-25(36)27(38)34-23-7-4-6-22(16-23)28-40-24(18-35-13-2-1-3-14-35)17-26(41-28)21-11-9-20(19-37)10-12-21/h4,6-7,9-12,16,24-26,28,37H,1-3,5,8,13-15,17-19H2,(H,34,38)/t24-,25+,26+,28+/m1/s1. The van der Waals surface area contributed by atoms with Crippen molar-refractivity contribution in [3.8, 4) is 0 Å². The van der Waals surface area contributed by atoms with Crippen LogP contribution in [0.15, 0.2) is 48.5 Å². The summed E-state index contributed by atoms with van der Waals surface area (Å²) in [4.78, 5) is 27.8. The molecule has 4 atom stereocenters. The van der Waals surface area contributed by atoms with E-state index in [1.165, 1.54) is 6.42 Å². The second-order valence-corrected chi connectivity index (χ2v) is 11.0. The lowest BCUT2D eigenvalue weighted by Gasteiger charge is -2.39. The van der Waals surface area contributed by atoms with Crippen LogP contribution in [0.2, 0.25) is 0 Å². The van der Waals surface area contributed by atoms with Gasteiger partial charge < -0.3 is 29.7 Å². The van der Waals surface area contributed by atoms with Gasteiger partial charge in [0.15, 0.2) is 6.29 Å². The molecule has 0 bridgehead atoms. The van der Waals surface area contributed by atoms with Crippen molar-refractivity contribution in [2.24, 2.45) is 0 Å². The van der Waals surface area contributed by atoms with Crippen molar-refractivity contribution >= 4 is 17.5 Å². The number of rotatable bonds is 7. The molecule has 2 N–H and O–H groups in total. The number of carbonyl (C=O) groups excluding carboxylic acids is 2. The molecule has 2 aromatic rings. The summed E-state index contributed by atoms with van der Waals surface area (Å²) in [7, 11) is 0. The number of hydrogen-bond acceptors (Lipinski definition) is 6. The van der Waals surface area contributed by atoms with E-state index >= 15 is 0 Å². The summed E-state index contributed by atoms with van der Waals surface area (Å²) in [5.41, 5.74) is 2.83. The molecule has 222 valence electrons. The third kappa shape index (κ3) is 7.27. The molecule has 0 saturated carbocycles. The number of nitrogens with zero attached hydrogens (tertiary/aromatic N) is 2. The van der Waals surface area contributed by atoms with Crippen LogP contribution in [0.25, 0.3) is 0 Å². The maximum absolute atomic E-state index is 13.0. The summed E-state index contributed by atoms with van der Waals surface area (Å²) in [6.45, 7) is 2.66.